The van der Waals surface area contributed by atoms with E-state index in [-0.39, 0.29) is 6.09 Å². The summed E-state index contributed by atoms with van der Waals surface area (Å²) in [5.74, 6) is 0.688. The highest BCUT2D eigenvalue weighted by Crippen LogP contribution is 2.30. The van der Waals surface area contributed by atoms with Gasteiger partial charge in [0, 0.05) is 41.6 Å². The molecule has 30 heavy (non-hydrogen) atoms. The fraction of sp³-hybridized carbons (Fsp3) is 0.348. The molecule has 0 aliphatic carbocycles. The van der Waals surface area contributed by atoms with E-state index in [1.807, 2.05) is 51.1 Å². The number of ether oxygens (including phenoxy) is 1. The Hall–Kier alpha value is -2.67. The third kappa shape index (κ3) is 4.56. The average Bonchev–Trinajstić information content (AvgIpc) is 2.72. The zero-order chi connectivity index (χ0) is 21.3. The van der Waals surface area contributed by atoms with Crippen molar-refractivity contribution in [1.82, 2.24) is 14.9 Å². The van der Waals surface area contributed by atoms with Gasteiger partial charge in [0.1, 0.15) is 5.60 Å². The van der Waals surface area contributed by atoms with Gasteiger partial charge in [0.05, 0.1) is 11.2 Å². The number of amides is 1. The van der Waals surface area contributed by atoms with Crippen LogP contribution in [0.1, 0.15) is 20.8 Å². The molecule has 4 rings (SSSR count). The summed E-state index contributed by atoms with van der Waals surface area (Å²) in [5, 5.41) is 1.01. The van der Waals surface area contributed by atoms with Crippen molar-refractivity contribution in [2.45, 2.75) is 26.4 Å². The molecular formula is C23H25BrN4O2. The number of nitrogens with zero attached hydrogens (tertiary/aromatic N) is 4. The highest BCUT2D eigenvalue weighted by atomic mass is 79.9. The van der Waals surface area contributed by atoms with Crippen LogP contribution in [0.4, 0.5) is 10.7 Å². The molecule has 0 N–H and O–H groups in total. The zero-order valence-electron chi connectivity index (χ0n) is 17.4. The summed E-state index contributed by atoms with van der Waals surface area (Å²) in [6, 6.07) is 16.2. The summed E-state index contributed by atoms with van der Waals surface area (Å²) in [7, 11) is 0. The molecule has 1 fully saturated rings. The van der Waals surface area contributed by atoms with Gasteiger partial charge in [-0.3, -0.25) is 0 Å². The smallest absolute Gasteiger partial charge is 0.410 e. The number of carbonyl (C=O) groups is 1. The Morgan fingerprint density at radius 3 is 2.37 bits per heavy atom. The first-order valence-electron chi connectivity index (χ1n) is 10.1. The standard InChI is InChI=1S/C23H25BrN4O2/c1-23(2,3)30-22(29)28-13-11-27(12-14-28)21-25-19-10-9-17(24)15-18(19)20(26-21)16-7-5-4-6-8-16/h4-10,15H,11-14H2,1-3H3. The van der Waals surface area contributed by atoms with Crippen LogP contribution in [0.25, 0.3) is 22.2 Å². The number of hydrogen-bond acceptors (Lipinski definition) is 5. The number of halogens is 1. The molecule has 1 amide bonds. The Kier molecular flexibility index (Phi) is 5.64. The van der Waals surface area contributed by atoms with Gasteiger partial charge in [0.25, 0.3) is 0 Å². The summed E-state index contributed by atoms with van der Waals surface area (Å²) in [4.78, 5) is 26.0. The fourth-order valence-electron chi connectivity index (χ4n) is 3.46. The molecule has 1 aliphatic rings. The number of benzene rings is 2. The molecule has 0 atom stereocenters. The van der Waals surface area contributed by atoms with E-state index in [1.54, 1.807) is 4.90 Å². The third-order valence-corrected chi connectivity index (χ3v) is 5.40. The molecule has 156 valence electrons. The number of aromatic nitrogens is 2. The van der Waals surface area contributed by atoms with Crippen LogP contribution >= 0.6 is 15.9 Å². The molecule has 7 heteroatoms. The summed E-state index contributed by atoms with van der Waals surface area (Å²) < 4.78 is 6.49. The van der Waals surface area contributed by atoms with E-state index in [0.29, 0.717) is 32.1 Å². The van der Waals surface area contributed by atoms with E-state index in [4.69, 9.17) is 14.7 Å². The molecular weight excluding hydrogens is 444 g/mol. The number of piperazine rings is 1. The summed E-state index contributed by atoms with van der Waals surface area (Å²) in [6.45, 7) is 8.13. The van der Waals surface area contributed by atoms with Crippen molar-refractivity contribution in [1.29, 1.82) is 0 Å². The molecule has 2 aromatic carbocycles. The van der Waals surface area contributed by atoms with Crippen molar-refractivity contribution in [3.05, 3.63) is 53.0 Å². The number of rotatable bonds is 2. The van der Waals surface area contributed by atoms with Gasteiger partial charge in [-0.1, -0.05) is 46.3 Å². The van der Waals surface area contributed by atoms with Gasteiger partial charge in [-0.05, 0) is 39.0 Å². The van der Waals surface area contributed by atoms with Crippen LogP contribution in [0.2, 0.25) is 0 Å². The monoisotopic (exact) mass is 468 g/mol. The molecule has 3 aromatic rings. The zero-order valence-corrected chi connectivity index (χ0v) is 19.0. The topological polar surface area (TPSA) is 58.6 Å². The first-order valence-corrected chi connectivity index (χ1v) is 10.8. The van der Waals surface area contributed by atoms with Crippen molar-refractivity contribution in [3.63, 3.8) is 0 Å². The van der Waals surface area contributed by atoms with Gasteiger partial charge in [0.15, 0.2) is 0 Å². The maximum atomic E-state index is 12.4. The predicted octanol–water partition coefficient (Wildman–Crippen LogP) is 5.12. The Morgan fingerprint density at radius 1 is 1.00 bits per heavy atom. The molecule has 1 saturated heterocycles. The quantitative estimate of drug-likeness (QED) is 0.522. The first-order chi connectivity index (χ1) is 14.3. The molecule has 0 spiro atoms. The number of carbonyl (C=O) groups excluding carboxylic acids is 1. The molecule has 0 unspecified atom stereocenters. The summed E-state index contributed by atoms with van der Waals surface area (Å²) in [6.07, 6.45) is -0.267. The molecule has 1 aromatic heterocycles. The van der Waals surface area contributed by atoms with Crippen molar-refractivity contribution in [3.8, 4) is 11.3 Å². The number of fused-ring (bicyclic) bond motifs is 1. The minimum Gasteiger partial charge on any atom is -0.444 e. The maximum absolute atomic E-state index is 12.4. The largest absolute Gasteiger partial charge is 0.444 e. The molecule has 6 nitrogen and oxygen atoms in total. The van der Waals surface area contributed by atoms with Crippen LogP contribution in [0.5, 0.6) is 0 Å². The Bertz CT molecular complexity index is 1060. The van der Waals surface area contributed by atoms with E-state index in [2.05, 4.69) is 39.0 Å². The Balaban J connectivity index is 1.61. The average molecular weight is 469 g/mol. The highest BCUT2D eigenvalue weighted by Gasteiger charge is 2.27. The predicted molar refractivity (Wildman–Crippen MR) is 123 cm³/mol. The minimum absolute atomic E-state index is 0.267. The van der Waals surface area contributed by atoms with E-state index < -0.39 is 5.60 Å². The molecule has 0 radical (unpaired) electrons. The third-order valence-electron chi connectivity index (χ3n) is 4.91. The second-order valence-electron chi connectivity index (χ2n) is 8.35. The lowest BCUT2D eigenvalue weighted by Gasteiger charge is -2.35. The normalized spacial score (nSPS) is 14.8. The van der Waals surface area contributed by atoms with Crippen LogP contribution in [0.15, 0.2) is 53.0 Å². The molecule has 2 heterocycles. The van der Waals surface area contributed by atoms with Crippen LogP contribution in [-0.4, -0.2) is 52.7 Å². The summed E-state index contributed by atoms with van der Waals surface area (Å²) in [5.41, 5.74) is 2.37. The maximum Gasteiger partial charge on any atom is 0.410 e. The van der Waals surface area contributed by atoms with Gasteiger partial charge in [-0.2, -0.15) is 0 Å². The van der Waals surface area contributed by atoms with Crippen LogP contribution in [-0.2, 0) is 4.74 Å². The first kappa shape index (κ1) is 20.6. The molecule has 1 aliphatic heterocycles. The van der Waals surface area contributed by atoms with E-state index >= 15 is 0 Å². The van der Waals surface area contributed by atoms with Gasteiger partial charge < -0.3 is 14.5 Å². The lowest BCUT2D eigenvalue weighted by molar-refractivity contribution is 0.0240. The lowest BCUT2D eigenvalue weighted by Crippen LogP contribution is -2.50. The Morgan fingerprint density at radius 2 is 1.70 bits per heavy atom. The van der Waals surface area contributed by atoms with Crippen LogP contribution in [0, 0.1) is 0 Å². The van der Waals surface area contributed by atoms with Crippen LogP contribution < -0.4 is 4.90 Å². The minimum atomic E-state index is -0.492. The molecule has 0 bridgehead atoms. The number of anilines is 1. The number of hydrogen-bond donors (Lipinski definition) is 0. The SMILES string of the molecule is CC(C)(C)OC(=O)N1CCN(c2nc(-c3ccccc3)c3cc(Br)ccc3n2)CC1. The highest BCUT2D eigenvalue weighted by molar-refractivity contribution is 9.10. The lowest BCUT2D eigenvalue weighted by atomic mass is 10.1. The van der Waals surface area contributed by atoms with Gasteiger partial charge in [-0.15, -0.1) is 0 Å². The van der Waals surface area contributed by atoms with Crippen molar-refractivity contribution in [2.24, 2.45) is 0 Å². The molecule has 0 saturated carbocycles. The van der Waals surface area contributed by atoms with Crippen molar-refractivity contribution >= 4 is 38.9 Å². The summed E-state index contributed by atoms with van der Waals surface area (Å²) >= 11 is 3.56. The van der Waals surface area contributed by atoms with Gasteiger partial charge in [-0.25, -0.2) is 14.8 Å². The van der Waals surface area contributed by atoms with E-state index in [9.17, 15) is 4.79 Å². The Labute approximate surface area is 185 Å². The van der Waals surface area contributed by atoms with Crippen molar-refractivity contribution < 1.29 is 9.53 Å². The van der Waals surface area contributed by atoms with Crippen molar-refractivity contribution in [2.75, 3.05) is 31.1 Å². The van der Waals surface area contributed by atoms with E-state index in [1.165, 1.54) is 0 Å². The fourth-order valence-corrected chi connectivity index (χ4v) is 3.82. The van der Waals surface area contributed by atoms with Crippen LogP contribution in [0.3, 0.4) is 0 Å². The second-order valence-corrected chi connectivity index (χ2v) is 9.27. The van der Waals surface area contributed by atoms with E-state index in [0.717, 1.165) is 26.6 Å². The van der Waals surface area contributed by atoms with Gasteiger partial charge >= 0.3 is 6.09 Å². The van der Waals surface area contributed by atoms with Gasteiger partial charge in [0.2, 0.25) is 5.95 Å². The second kappa shape index (κ2) is 8.22.